The van der Waals surface area contributed by atoms with Crippen molar-refractivity contribution in [2.45, 2.75) is 134 Å². The maximum Gasteiger partial charge on any atom is 0.331 e. The Balaban J connectivity index is -0.00000103. The molecule has 0 bridgehead atoms. The average molecular weight is 985 g/mol. The number of rotatable bonds is 22. The quantitative estimate of drug-likeness (QED) is 0.0682. The van der Waals surface area contributed by atoms with Gasteiger partial charge in [-0.2, -0.15) is 0 Å². The summed E-state index contributed by atoms with van der Waals surface area (Å²) in [6.07, 6.45) is 0.285. The molecule has 2 rings (SSSR count). The first-order chi connectivity index (χ1) is 29.0. The van der Waals surface area contributed by atoms with E-state index < -0.39 is 62.0 Å². The Morgan fingerprint density at radius 1 is 0.667 bits per heavy atom. The SMILES string of the molecule is CC(C)(C)[Si](C)(C)O[C@@H]1C=C(COP(=O)([O-])OP(=O)([O-])OP(=O)([O-])[O-])O[C@H]1n1ccc(=O)[nH]c1=O.CC[NH+](CC)CC.CC[NH+](CC)CC.CC[NH+](CC)CC.CC[NH+](CC)CC. The molecular formula is C39H87N6O14P3Si. The number of ether oxygens (including phenoxy) is 1. The molecule has 376 valence electrons. The van der Waals surface area contributed by atoms with Gasteiger partial charge in [-0.3, -0.25) is 27.8 Å². The highest BCUT2D eigenvalue weighted by Gasteiger charge is 2.43. The van der Waals surface area contributed by atoms with Crippen molar-refractivity contribution in [1.82, 2.24) is 9.55 Å². The smallest absolute Gasteiger partial charge is 0.331 e. The standard InChI is InChI=1S/C15H27N2O14P3Si.4C6H15N/c1-15(2,3)35(4,5)29-11-8-10(28-13(11)17-7-6-12(18)16-14(17)19)9-27-33(23,24)31-34(25,26)30-32(20,21)22;4*1-4-7(5-2)6-3/h6-8,11,13H,9H2,1-5H3,(H,23,24)(H,25,26)(H,16,18,19)(H2,20,21,22);4*4-6H2,1-3H3/t11-,13-;;;;/m1..../s1. The van der Waals surface area contributed by atoms with Crippen LogP contribution in [0.1, 0.15) is 110 Å². The topological polar surface area (TPSA) is 262 Å². The van der Waals surface area contributed by atoms with E-state index >= 15 is 0 Å². The molecule has 4 atom stereocenters. The molecule has 1 aromatic heterocycles. The van der Waals surface area contributed by atoms with Gasteiger partial charge in [0.15, 0.2) is 8.32 Å². The van der Waals surface area contributed by atoms with E-state index in [4.69, 9.17) is 9.16 Å². The molecule has 24 heteroatoms. The van der Waals surface area contributed by atoms with E-state index in [-0.39, 0.29) is 10.8 Å². The van der Waals surface area contributed by atoms with Crippen LogP contribution in [0.3, 0.4) is 0 Å². The second-order valence-electron chi connectivity index (χ2n) is 16.0. The number of hydrogen-bond acceptors (Lipinski definition) is 14. The molecule has 20 nitrogen and oxygen atoms in total. The molecule has 2 unspecified atom stereocenters. The Morgan fingerprint density at radius 2 is 1.03 bits per heavy atom. The number of phosphoric ester groups is 1. The van der Waals surface area contributed by atoms with Crippen LogP contribution in [0.5, 0.6) is 0 Å². The minimum atomic E-state index is -6.13. The Morgan fingerprint density at radius 3 is 1.32 bits per heavy atom. The van der Waals surface area contributed by atoms with Crippen LogP contribution in [0.15, 0.2) is 33.7 Å². The van der Waals surface area contributed by atoms with E-state index in [2.05, 4.69) is 96.2 Å². The van der Waals surface area contributed by atoms with Gasteiger partial charge in [0, 0.05) is 12.3 Å². The number of H-pyrrole nitrogens is 1. The summed E-state index contributed by atoms with van der Waals surface area (Å²) >= 11 is 0. The minimum Gasteiger partial charge on any atom is -0.790 e. The Labute approximate surface area is 379 Å². The predicted octanol–water partition coefficient (Wildman–Crippen LogP) is -1.12. The summed E-state index contributed by atoms with van der Waals surface area (Å²) in [5.41, 5.74) is -1.51. The van der Waals surface area contributed by atoms with Crippen molar-refractivity contribution in [3.63, 3.8) is 0 Å². The van der Waals surface area contributed by atoms with E-state index in [1.807, 2.05) is 38.8 Å². The molecular weight excluding hydrogens is 897 g/mol. The van der Waals surface area contributed by atoms with Gasteiger partial charge in [0.2, 0.25) is 6.23 Å². The summed E-state index contributed by atoms with van der Waals surface area (Å²) in [4.78, 5) is 76.4. The van der Waals surface area contributed by atoms with Crippen LogP contribution in [0, 0.1) is 0 Å². The molecule has 0 fully saturated rings. The summed E-state index contributed by atoms with van der Waals surface area (Å²) in [5.74, 6) is -0.226. The zero-order chi connectivity index (χ0) is 49.8. The number of nitrogens with zero attached hydrogens (tertiary/aromatic N) is 1. The van der Waals surface area contributed by atoms with E-state index in [1.54, 1.807) is 19.6 Å². The average Bonchev–Trinajstić information content (AvgIpc) is 3.57. The molecule has 0 spiro atoms. The minimum absolute atomic E-state index is 0.226. The third kappa shape index (κ3) is 29.8. The lowest BCUT2D eigenvalue weighted by molar-refractivity contribution is -0.894. The third-order valence-electron chi connectivity index (χ3n) is 11.0. The molecule has 1 aromatic rings. The number of aromatic nitrogens is 2. The van der Waals surface area contributed by atoms with Gasteiger partial charge in [-0.05, 0) is 107 Å². The zero-order valence-electron chi connectivity index (χ0n) is 41.6. The molecule has 0 aromatic carbocycles. The second kappa shape index (κ2) is 33.2. The summed E-state index contributed by atoms with van der Waals surface area (Å²) in [6.45, 7) is 50.6. The number of aromatic amines is 1. The van der Waals surface area contributed by atoms with Crippen LogP contribution in [-0.2, 0) is 36.0 Å². The van der Waals surface area contributed by atoms with E-state index in [9.17, 15) is 42.9 Å². The Kier molecular flexibility index (Phi) is 34.7. The van der Waals surface area contributed by atoms with Gasteiger partial charge in [0.25, 0.3) is 21.2 Å². The molecule has 1 aliphatic heterocycles. The fraction of sp³-hybridized carbons (Fsp3) is 0.846. The van der Waals surface area contributed by atoms with Gasteiger partial charge in [0.05, 0.1) is 86.4 Å². The van der Waals surface area contributed by atoms with Crippen molar-refractivity contribution in [3.05, 3.63) is 44.9 Å². The van der Waals surface area contributed by atoms with Gasteiger partial charge in [-0.15, -0.1) is 0 Å². The van der Waals surface area contributed by atoms with E-state index in [1.165, 1.54) is 84.6 Å². The first-order valence-electron chi connectivity index (χ1n) is 22.4. The normalized spacial score (nSPS) is 17.2. The summed E-state index contributed by atoms with van der Waals surface area (Å²) < 4.78 is 57.4. The largest absolute Gasteiger partial charge is 0.790 e. The number of nitrogens with one attached hydrogen (secondary N) is 5. The molecule has 0 saturated carbocycles. The molecule has 0 amide bonds. The lowest BCUT2D eigenvalue weighted by Crippen LogP contribution is -3.11. The fourth-order valence-corrected chi connectivity index (χ4v) is 9.53. The van der Waals surface area contributed by atoms with E-state index in [0.717, 1.165) is 16.8 Å². The van der Waals surface area contributed by atoms with Crippen molar-refractivity contribution >= 4 is 31.8 Å². The molecule has 5 N–H and O–H groups in total. The molecule has 2 heterocycles. The van der Waals surface area contributed by atoms with Gasteiger partial charge >= 0.3 is 5.69 Å². The second-order valence-corrected chi connectivity index (χ2v) is 25.0. The van der Waals surface area contributed by atoms with Crippen molar-refractivity contribution in [2.24, 2.45) is 0 Å². The summed E-state index contributed by atoms with van der Waals surface area (Å²) in [6, 6.07) is 1.05. The summed E-state index contributed by atoms with van der Waals surface area (Å²) in [5, 5.41) is -0.281. The molecule has 0 radical (unpaired) electrons. The van der Waals surface area contributed by atoms with Crippen molar-refractivity contribution in [2.75, 3.05) is 85.1 Å². The Bertz CT molecular complexity index is 1570. The highest BCUT2D eigenvalue weighted by Crippen LogP contribution is 2.60. The van der Waals surface area contributed by atoms with Gasteiger partial charge in [-0.25, -0.2) is 9.11 Å². The maximum absolute atomic E-state index is 12.3. The summed E-state index contributed by atoms with van der Waals surface area (Å²) in [7, 11) is -20.5. The van der Waals surface area contributed by atoms with Crippen LogP contribution < -0.4 is 50.4 Å². The van der Waals surface area contributed by atoms with Crippen LogP contribution in [0.25, 0.3) is 0 Å². The highest BCUT2D eigenvalue weighted by molar-refractivity contribution is 7.64. The van der Waals surface area contributed by atoms with Crippen molar-refractivity contribution < 1.29 is 75.2 Å². The third-order valence-corrected chi connectivity index (χ3v) is 19.1. The predicted molar refractivity (Wildman–Crippen MR) is 243 cm³/mol. The fourth-order valence-electron chi connectivity index (χ4n) is 5.49. The van der Waals surface area contributed by atoms with Crippen LogP contribution >= 0.6 is 23.5 Å². The lowest BCUT2D eigenvalue weighted by atomic mass is 10.2. The maximum atomic E-state index is 12.3. The number of phosphoric acid groups is 3. The lowest BCUT2D eigenvalue weighted by Gasteiger charge is -2.39. The number of hydrogen-bond donors (Lipinski definition) is 5. The van der Waals surface area contributed by atoms with E-state index in [0.29, 0.717) is 0 Å². The molecule has 0 aliphatic carbocycles. The first kappa shape index (κ1) is 65.9. The van der Waals surface area contributed by atoms with Gasteiger partial charge in [-0.1, -0.05) is 20.8 Å². The zero-order valence-corrected chi connectivity index (χ0v) is 45.3. The van der Waals surface area contributed by atoms with Crippen molar-refractivity contribution in [1.29, 1.82) is 0 Å². The molecule has 63 heavy (non-hydrogen) atoms. The molecule has 0 saturated heterocycles. The first-order valence-corrected chi connectivity index (χ1v) is 29.7. The number of quaternary nitrogens is 4. The monoisotopic (exact) mass is 985 g/mol. The van der Waals surface area contributed by atoms with Crippen LogP contribution in [0.4, 0.5) is 0 Å². The van der Waals surface area contributed by atoms with Crippen LogP contribution in [-0.4, -0.2) is 109 Å². The van der Waals surface area contributed by atoms with Gasteiger partial charge < -0.3 is 57.4 Å². The van der Waals surface area contributed by atoms with Crippen molar-refractivity contribution in [3.8, 4) is 0 Å². The Hall–Kier alpha value is -1.35. The molecule has 1 aliphatic rings. The van der Waals surface area contributed by atoms with Gasteiger partial charge in [0.1, 0.15) is 18.5 Å². The van der Waals surface area contributed by atoms with Crippen LogP contribution in [0.2, 0.25) is 18.1 Å². The highest BCUT2D eigenvalue weighted by atomic mass is 31.3.